The van der Waals surface area contributed by atoms with Gasteiger partial charge in [-0.3, -0.25) is 4.79 Å². The van der Waals surface area contributed by atoms with Crippen molar-refractivity contribution >= 4 is 5.91 Å². The summed E-state index contributed by atoms with van der Waals surface area (Å²) in [5.74, 6) is 5.01. The molecular weight excluding hydrogens is 224 g/mol. The molecule has 1 aromatic rings. The van der Waals surface area contributed by atoms with Crippen molar-refractivity contribution in [3.63, 3.8) is 0 Å². The molecule has 0 heterocycles. The summed E-state index contributed by atoms with van der Waals surface area (Å²) >= 11 is 0. The van der Waals surface area contributed by atoms with E-state index in [1.807, 2.05) is 26.0 Å². The van der Waals surface area contributed by atoms with Crippen LogP contribution in [0.25, 0.3) is 0 Å². The average molecular weight is 240 g/mol. The predicted octanol–water partition coefficient (Wildman–Crippen LogP) is 2.32. The minimum atomic E-state index is -0.170. The summed E-state index contributed by atoms with van der Waals surface area (Å²) in [5.41, 5.74) is 1.61. The number of nitrogens with zero attached hydrogens (tertiary/aromatic N) is 2. The molecule has 3 heteroatoms. The van der Waals surface area contributed by atoms with Crippen molar-refractivity contribution in [1.82, 2.24) is 4.90 Å². The van der Waals surface area contributed by atoms with E-state index in [-0.39, 0.29) is 11.9 Å². The van der Waals surface area contributed by atoms with Gasteiger partial charge in [-0.25, -0.2) is 0 Å². The van der Waals surface area contributed by atoms with Gasteiger partial charge in [-0.1, -0.05) is 18.1 Å². The monoisotopic (exact) mass is 240 g/mol. The van der Waals surface area contributed by atoms with Crippen molar-refractivity contribution in [1.29, 1.82) is 5.26 Å². The molecule has 0 unspecified atom stereocenters. The molecule has 0 aliphatic carbocycles. The zero-order valence-corrected chi connectivity index (χ0v) is 10.9. The van der Waals surface area contributed by atoms with E-state index < -0.39 is 0 Å². The first-order valence-electron chi connectivity index (χ1n) is 5.81. The fourth-order valence-corrected chi connectivity index (χ4v) is 1.55. The maximum Gasteiger partial charge on any atom is 0.298 e. The highest BCUT2D eigenvalue weighted by molar-refractivity contribution is 5.93. The molecule has 1 aromatic carbocycles. The number of nitriles is 1. The Kier molecular flexibility index (Phi) is 4.96. The van der Waals surface area contributed by atoms with Crippen LogP contribution < -0.4 is 0 Å². The Bertz CT molecular complexity index is 512. The van der Waals surface area contributed by atoms with Gasteiger partial charge in [-0.2, -0.15) is 5.26 Å². The smallest absolute Gasteiger partial charge is 0.298 e. The number of rotatable bonds is 3. The number of carbonyl (C=O) groups is 1. The quantitative estimate of drug-likeness (QED) is 0.761. The maximum atomic E-state index is 11.8. The summed E-state index contributed by atoms with van der Waals surface area (Å²) in [6, 6.07) is 9.39. The van der Waals surface area contributed by atoms with E-state index in [0.29, 0.717) is 12.1 Å². The van der Waals surface area contributed by atoms with Crippen molar-refractivity contribution in [3.8, 4) is 17.9 Å². The highest BCUT2D eigenvalue weighted by Crippen LogP contribution is 2.10. The molecule has 0 saturated heterocycles. The first-order valence-corrected chi connectivity index (χ1v) is 5.81. The highest BCUT2D eigenvalue weighted by atomic mass is 16.2. The summed E-state index contributed by atoms with van der Waals surface area (Å²) in [7, 11) is 0. The Morgan fingerprint density at radius 1 is 1.33 bits per heavy atom. The first kappa shape index (κ1) is 13.8. The minimum Gasteiger partial charge on any atom is -0.325 e. The fraction of sp³-hybridized carbons (Fsp3) is 0.333. The van der Waals surface area contributed by atoms with Crippen LogP contribution in [0.5, 0.6) is 0 Å². The van der Waals surface area contributed by atoms with E-state index in [4.69, 9.17) is 5.26 Å². The van der Waals surface area contributed by atoms with Gasteiger partial charge >= 0.3 is 0 Å². The Balaban J connectivity index is 2.86. The van der Waals surface area contributed by atoms with Crippen LogP contribution in [-0.2, 0) is 11.3 Å². The third-order valence-electron chi connectivity index (χ3n) is 2.55. The number of hydrogen-bond donors (Lipinski definition) is 0. The second-order valence-corrected chi connectivity index (χ2v) is 4.21. The average Bonchev–Trinajstić information content (AvgIpc) is 2.36. The molecule has 0 aliphatic rings. The van der Waals surface area contributed by atoms with E-state index in [1.165, 1.54) is 0 Å². The van der Waals surface area contributed by atoms with Crippen LogP contribution in [0.4, 0.5) is 0 Å². The normalized spacial score (nSPS) is 9.28. The number of benzene rings is 1. The van der Waals surface area contributed by atoms with Crippen LogP contribution in [0, 0.1) is 23.2 Å². The van der Waals surface area contributed by atoms with E-state index in [9.17, 15) is 4.79 Å². The largest absolute Gasteiger partial charge is 0.325 e. The molecule has 18 heavy (non-hydrogen) atoms. The van der Waals surface area contributed by atoms with Crippen molar-refractivity contribution in [3.05, 3.63) is 35.4 Å². The number of hydrogen-bond acceptors (Lipinski definition) is 2. The molecule has 0 radical (unpaired) electrons. The van der Waals surface area contributed by atoms with Gasteiger partial charge < -0.3 is 4.90 Å². The summed E-state index contributed by atoms with van der Waals surface area (Å²) in [6.07, 6.45) is 0. The van der Waals surface area contributed by atoms with Gasteiger partial charge in [0.1, 0.15) is 0 Å². The second kappa shape index (κ2) is 6.47. The molecular formula is C15H16N2O. The van der Waals surface area contributed by atoms with Gasteiger partial charge in [0.05, 0.1) is 11.6 Å². The fourth-order valence-electron chi connectivity index (χ4n) is 1.55. The molecule has 1 rings (SSSR count). The summed E-state index contributed by atoms with van der Waals surface area (Å²) in [4.78, 5) is 13.5. The third kappa shape index (κ3) is 3.64. The Morgan fingerprint density at radius 3 is 2.39 bits per heavy atom. The highest BCUT2D eigenvalue weighted by Gasteiger charge is 2.15. The van der Waals surface area contributed by atoms with Crippen molar-refractivity contribution in [2.45, 2.75) is 33.4 Å². The lowest BCUT2D eigenvalue weighted by atomic mass is 10.1. The topological polar surface area (TPSA) is 44.1 Å². The Morgan fingerprint density at radius 2 is 1.94 bits per heavy atom. The van der Waals surface area contributed by atoms with Gasteiger partial charge in [0, 0.05) is 12.6 Å². The summed E-state index contributed by atoms with van der Waals surface area (Å²) in [5, 5.41) is 8.72. The second-order valence-electron chi connectivity index (χ2n) is 4.21. The lowest BCUT2D eigenvalue weighted by Gasteiger charge is -2.24. The van der Waals surface area contributed by atoms with Crippen LogP contribution in [0.2, 0.25) is 0 Å². The van der Waals surface area contributed by atoms with Crippen LogP contribution in [-0.4, -0.2) is 16.8 Å². The van der Waals surface area contributed by atoms with Gasteiger partial charge in [-0.15, -0.1) is 0 Å². The van der Waals surface area contributed by atoms with Crippen LogP contribution >= 0.6 is 0 Å². The summed E-state index contributed by atoms with van der Waals surface area (Å²) in [6.45, 7) is 6.08. The first-order chi connectivity index (χ1) is 8.58. The minimum absolute atomic E-state index is 0.0917. The van der Waals surface area contributed by atoms with Crippen molar-refractivity contribution in [2.24, 2.45) is 0 Å². The molecule has 3 nitrogen and oxygen atoms in total. The lowest BCUT2D eigenvalue weighted by molar-refractivity contribution is -0.127. The standard InChI is InChI=1S/C15H16N2O/c1-4-5-15(18)17(12(2)3)11-14-8-6-13(10-16)7-9-14/h6-9,12H,11H2,1-3H3. The maximum absolute atomic E-state index is 11.8. The van der Waals surface area contributed by atoms with Gasteiger partial charge in [0.25, 0.3) is 5.91 Å². The van der Waals surface area contributed by atoms with E-state index in [2.05, 4.69) is 17.9 Å². The van der Waals surface area contributed by atoms with Crippen molar-refractivity contribution in [2.75, 3.05) is 0 Å². The zero-order valence-electron chi connectivity index (χ0n) is 10.9. The van der Waals surface area contributed by atoms with Gasteiger partial charge in [-0.05, 0) is 44.4 Å². The molecule has 0 saturated carbocycles. The number of carbonyl (C=O) groups excluding carboxylic acids is 1. The molecule has 0 atom stereocenters. The van der Waals surface area contributed by atoms with E-state index in [0.717, 1.165) is 5.56 Å². The zero-order chi connectivity index (χ0) is 13.5. The molecule has 0 bridgehead atoms. The van der Waals surface area contributed by atoms with Gasteiger partial charge in [0.15, 0.2) is 0 Å². The van der Waals surface area contributed by atoms with Crippen LogP contribution in [0.1, 0.15) is 31.9 Å². The molecule has 0 aromatic heterocycles. The Hall–Kier alpha value is -2.26. The summed E-state index contributed by atoms with van der Waals surface area (Å²) < 4.78 is 0. The lowest BCUT2D eigenvalue weighted by Crippen LogP contribution is -2.35. The molecule has 92 valence electrons. The molecule has 0 fully saturated rings. The SMILES string of the molecule is CC#CC(=O)N(Cc1ccc(C#N)cc1)C(C)C. The van der Waals surface area contributed by atoms with Gasteiger partial charge in [0.2, 0.25) is 0 Å². The number of amides is 1. The van der Waals surface area contributed by atoms with E-state index in [1.54, 1.807) is 24.0 Å². The molecule has 1 amide bonds. The molecule has 0 aliphatic heterocycles. The van der Waals surface area contributed by atoms with Crippen LogP contribution in [0.15, 0.2) is 24.3 Å². The molecule has 0 N–H and O–H groups in total. The van der Waals surface area contributed by atoms with Crippen molar-refractivity contribution < 1.29 is 4.79 Å². The Labute approximate surface area is 108 Å². The van der Waals surface area contributed by atoms with Crippen LogP contribution in [0.3, 0.4) is 0 Å². The molecule has 0 spiro atoms. The predicted molar refractivity (Wildman–Crippen MR) is 70.3 cm³/mol. The van der Waals surface area contributed by atoms with E-state index >= 15 is 0 Å². The third-order valence-corrected chi connectivity index (χ3v) is 2.55.